The van der Waals surface area contributed by atoms with Crippen molar-refractivity contribution in [2.24, 2.45) is 0 Å². The molecule has 1 saturated heterocycles. The highest BCUT2D eigenvalue weighted by Gasteiger charge is 2.26. The van der Waals surface area contributed by atoms with Crippen molar-refractivity contribution in [3.8, 4) is 0 Å². The van der Waals surface area contributed by atoms with Gasteiger partial charge >= 0.3 is 0 Å². The maximum absolute atomic E-state index is 13.1. The number of nitrogens with zero attached hydrogens (tertiary/aromatic N) is 4. The predicted octanol–water partition coefficient (Wildman–Crippen LogP) is 3.59. The Morgan fingerprint density at radius 1 is 1.21 bits per heavy atom. The Bertz CT molecular complexity index is 1090. The van der Waals surface area contributed by atoms with Gasteiger partial charge in [0.15, 0.2) is 0 Å². The third kappa shape index (κ3) is 3.64. The molecule has 152 valence electrons. The largest absolute Gasteiger partial charge is 0.342 e. The van der Waals surface area contributed by atoms with E-state index in [4.69, 9.17) is 0 Å². The van der Waals surface area contributed by atoms with Gasteiger partial charge in [-0.15, -0.1) is 22.7 Å². The van der Waals surface area contributed by atoms with Crippen molar-refractivity contribution in [3.63, 3.8) is 0 Å². The van der Waals surface area contributed by atoms with Crippen molar-refractivity contribution < 1.29 is 4.79 Å². The summed E-state index contributed by atoms with van der Waals surface area (Å²) in [5.41, 5.74) is 1.22. The minimum Gasteiger partial charge on any atom is -0.342 e. The fraction of sp³-hybridized carbons (Fsp3) is 0.524. The smallest absolute Gasteiger partial charge is 0.262 e. The second-order valence-corrected chi connectivity index (χ2v) is 9.94. The number of hydrogen-bond donors (Lipinski definition) is 0. The number of rotatable bonds is 4. The number of piperidine rings is 1. The van der Waals surface area contributed by atoms with E-state index in [1.807, 2.05) is 16.5 Å². The van der Waals surface area contributed by atoms with Crippen LogP contribution in [0.1, 0.15) is 53.5 Å². The first-order chi connectivity index (χ1) is 14.2. The molecule has 0 bridgehead atoms. The van der Waals surface area contributed by atoms with Crippen LogP contribution in [0.5, 0.6) is 0 Å². The molecule has 4 heterocycles. The van der Waals surface area contributed by atoms with Crippen LogP contribution in [0.2, 0.25) is 0 Å². The van der Waals surface area contributed by atoms with Crippen LogP contribution < -0.4 is 5.56 Å². The van der Waals surface area contributed by atoms with Gasteiger partial charge in [-0.25, -0.2) is 9.97 Å². The van der Waals surface area contributed by atoms with Crippen LogP contribution in [0.4, 0.5) is 0 Å². The quantitative estimate of drug-likeness (QED) is 0.637. The summed E-state index contributed by atoms with van der Waals surface area (Å²) < 4.78 is 1.63. The van der Waals surface area contributed by atoms with Crippen LogP contribution in [0.3, 0.4) is 0 Å². The zero-order valence-corrected chi connectivity index (χ0v) is 17.9. The fourth-order valence-corrected chi connectivity index (χ4v) is 6.54. The van der Waals surface area contributed by atoms with Gasteiger partial charge in [-0.05, 0) is 44.1 Å². The number of thiophene rings is 1. The van der Waals surface area contributed by atoms with Crippen molar-refractivity contribution >= 4 is 38.8 Å². The average Bonchev–Trinajstić information content (AvgIpc) is 3.41. The summed E-state index contributed by atoms with van der Waals surface area (Å²) in [5, 5.41) is 3.91. The third-order valence-electron chi connectivity index (χ3n) is 6.08. The first kappa shape index (κ1) is 18.9. The number of carbonyl (C=O) groups excluding carboxylic acids is 1. The number of fused-ring (bicyclic) bond motifs is 3. The number of likely N-dealkylation sites (tertiary alicyclic amines) is 1. The van der Waals surface area contributed by atoms with Gasteiger partial charge in [-0.1, -0.05) is 0 Å². The van der Waals surface area contributed by atoms with Crippen LogP contribution in [-0.4, -0.2) is 38.4 Å². The molecule has 1 atom stereocenters. The van der Waals surface area contributed by atoms with Gasteiger partial charge in [-0.3, -0.25) is 14.2 Å². The zero-order valence-electron chi connectivity index (χ0n) is 16.3. The Labute approximate surface area is 177 Å². The highest BCUT2D eigenvalue weighted by atomic mass is 32.1. The SMILES string of the molecule is O=C(CCn1cnc2sc3c(c2c1=O)CCCC3)N1CCCC(c2nccs2)C1. The van der Waals surface area contributed by atoms with Gasteiger partial charge in [0, 0.05) is 48.4 Å². The molecule has 3 aromatic rings. The molecule has 1 unspecified atom stereocenters. The minimum atomic E-state index is 0.0153. The molecule has 0 spiro atoms. The van der Waals surface area contributed by atoms with E-state index in [1.165, 1.54) is 16.9 Å². The molecule has 1 aliphatic heterocycles. The molecule has 0 saturated carbocycles. The Hall–Kier alpha value is -2.06. The van der Waals surface area contributed by atoms with Crippen LogP contribution in [0.15, 0.2) is 22.7 Å². The van der Waals surface area contributed by atoms with E-state index in [-0.39, 0.29) is 11.5 Å². The molecule has 0 radical (unpaired) electrons. The molecule has 8 heteroatoms. The highest BCUT2D eigenvalue weighted by Crippen LogP contribution is 2.33. The van der Waals surface area contributed by atoms with E-state index in [9.17, 15) is 9.59 Å². The van der Waals surface area contributed by atoms with E-state index in [2.05, 4.69) is 9.97 Å². The summed E-state index contributed by atoms with van der Waals surface area (Å²) in [6, 6.07) is 0. The van der Waals surface area contributed by atoms with Crippen molar-refractivity contribution in [1.29, 1.82) is 0 Å². The van der Waals surface area contributed by atoms with Crippen LogP contribution in [0, 0.1) is 0 Å². The summed E-state index contributed by atoms with van der Waals surface area (Å²) in [5.74, 6) is 0.455. The van der Waals surface area contributed by atoms with Gasteiger partial charge in [0.05, 0.1) is 16.7 Å². The monoisotopic (exact) mass is 428 g/mol. The van der Waals surface area contributed by atoms with E-state index >= 15 is 0 Å². The predicted molar refractivity (Wildman–Crippen MR) is 116 cm³/mol. The zero-order chi connectivity index (χ0) is 19.8. The molecule has 1 amide bonds. The van der Waals surface area contributed by atoms with Crippen molar-refractivity contribution in [2.45, 2.75) is 57.4 Å². The van der Waals surface area contributed by atoms with Gasteiger partial charge < -0.3 is 4.90 Å². The maximum atomic E-state index is 13.1. The topological polar surface area (TPSA) is 68.1 Å². The van der Waals surface area contributed by atoms with Gasteiger partial charge in [0.25, 0.3) is 5.56 Å². The first-order valence-corrected chi connectivity index (χ1v) is 12.1. The molecular formula is C21H24N4O2S2. The van der Waals surface area contributed by atoms with Crippen molar-refractivity contribution in [2.75, 3.05) is 13.1 Å². The highest BCUT2D eigenvalue weighted by molar-refractivity contribution is 7.18. The van der Waals surface area contributed by atoms with Crippen LogP contribution in [0.25, 0.3) is 10.2 Å². The number of thiazole rings is 1. The van der Waals surface area contributed by atoms with Crippen molar-refractivity contribution in [1.82, 2.24) is 19.4 Å². The Morgan fingerprint density at radius 3 is 2.97 bits per heavy atom. The molecule has 29 heavy (non-hydrogen) atoms. The summed E-state index contributed by atoms with van der Waals surface area (Å²) in [4.78, 5) is 39.0. The third-order valence-corrected chi connectivity index (χ3v) is 8.22. The number of aryl methyl sites for hydroxylation is 3. The molecular weight excluding hydrogens is 404 g/mol. The van der Waals surface area contributed by atoms with Crippen molar-refractivity contribution in [3.05, 3.63) is 43.7 Å². The van der Waals surface area contributed by atoms with E-state index in [1.54, 1.807) is 33.6 Å². The second-order valence-electron chi connectivity index (χ2n) is 7.93. The lowest BCUT2D eigenvalue weighted by atomic mass is 9.97. The van der Waals surface area contributed by atoms with E-state index in [0.29, 0.717) is 18.9 Å². The summed E-state index contributed by atoms with van der Waals surface area (Å²) in [6.07, 6.45) is 10.2. The molecule has 0 N–H and O–H groups in total. The lowest BCUT2D eigenvalue weighted by molar-refractivity contribution is -0.132. The number of aromatic nitrogens is 3. The lowest BCUT2D eigenvalue weighted by Crippen LogP contribution is -2.39. The summed E-state index contributed by atoms with van der Waals surface area (Å²) in [7, 11) is 0. The normalized spacial score (nSPS) is 19.4. The maximum Gasteiger partial charge on any atom is 0.262 e. The van der Waals surface area contributed by atoms with Gasteiger partial charge in [0.1, 0.15) is 4.83 Å². The lowest BCUT2D eigenvalue weighted by Gasteiger charge is -2.32. The molecule has 0 aromatic carbocycles. The first-order valence-electron chi connectivity index (χ1n) is 10.4. The van der Waals surface area contributed by atoms with Crippen LogP contribution >= 0.6 is 22.7 Å². The van der Waals surface area contributed by atoms with Crippen LogP contribution in [-0.2, 0) is 24.2 Å². The minimum absolute atomic E-state index is 0.0153. The molecule has 1 fully saturated rings. The summed E-state index contributed by atoms with van der Waals surface area (Å²) in [6.45, 7) is 1.92. The molecule has 3 aromatic heterocycles. The second kappa shape index (κ2) is 7.99. The number of amides is 1. The molecule has 6 nitrogen and oxygen atoms in total. The standard InChI is InChI=1S/C21H24N4O2S2/c26-17(24-9-3-4-14(12-24)19-22-8-11-28-19)7-10-25-13-23-20-18(21(25)27)15-5-1-2-6-16(15)29-20/h8,11,13-14H,1-7,9-10,12H2. The number of hydrogen-bond acceptors (Lipinski definition) is 6. The van der Waals surface area contributed by atoms with E-state index in [0.717, 1.165) is 60.4 Å². The average molecular weight is 429 g/mol. The molecule has 1 aliphatic carbocycles. The molecule has 5 rings (SSSR count). The number of carbonyl (C=O) groups is 1. The Morgan fingerprint density at radius 2 is 2.10 bits per heavy atom. The summed E-state index contributed by atoms with van der Waals surface area (Å²) >= 11 is 3.33. The van der Waals surface area contributed by atoms with Gasteiger partial charge in [-0.2, -0.15) is 0 Å². The van der Waals surface area contributed by atoms with E-state index < -0.39 is 0 Å². The Balaban J connectivity index is 1.29. The Kier molecular flexibility index (Phi) is 5.22. The van der Waals surface area contributed by atoms with Gasteiger partial charge in [0.2, 0.25) is 5.91 Å². The molecule has 2 aliphatic rings. The fourth-order valence-electron chi connectivity index (χ4n) is 4.56.